The summed E-state index contributed by atoms with van der Waals surface area (Å²) in [4.78, 5) is 26.2. The van der Waals surface area contributed by atoms with E-state index in [9.17, 15) is 22.4 Å². The number of rotatable bonds is 5. The van der Waals surface area contributed by atoms with Gasteiger partial charge in [-0.3, -0.25) is 4.79 Å². The first-order chi connectivity index (χ1) is 15.3. The lowest BCUT2D eigenvalue weighted by atomic mass is 10.2. The monoisotopic (exact) mass is 459 g/mol. The van der Waals surface area contributed by atoms with Crippen molar-refractivity contribution in [3.63, 3.8) is 0 Å². The summed E-state index contributed by atoms with van der Waals surface area (Å²) in [7, 11) is -2.67. The number of para-hydroxylation sites is 1. The number of ether oxygens (including phenoxy) is 1. The van der Waals surface area contributed by atoms with E-state index in [0.717, 1.165) is 11.6 Å². The molecular formula is C22H22FN3O5S. The van der Waals surface area contributed by atoms with E-state index in [1.165, 1.54) is 29.6 Å². The number of piperazine rings is 1. The van der Waals surface area contributed by atoms with Crippen LogP contribution in [0, 0.1) is 5.82 Å². The van der Waals surface area contributed by atoms with Gasteiger partial charge in [0.1, 0.15) is 17.3 Å². The van der Waals surface area contributed by atoms with Crippen LogP contribution >= 0.6 is 0 Å². The molecule has 4 rings (SSSR count). The zero-order valence-electron chi connectivity index (χ0n) is 17.4. The Morgan fingerprint density at radius 1 is 1.00 bits per heavy atom. The van der Waals surface area contributed by atoms with Crippen LogP contribution in [0.15, 0.2) is 59.6 Å². The molecule has 0 aliphatic carbocycles. The van der Waals surface area contributed by atoms with Crippen LogP contribution in [0.5, 0.6) is 0 Å². The van der Waals surface area contributed by atoms with E-state index >= 15 is 0 Å². The lowest BCUT2D eigenvalue weighted by Crippen LogP contribution is -2.51. The molecule has 1 saturated heterocycles. The fourth-order valence-corrected chi connectivity index (χ4v) is 5.35. The molecule has 32 heavy (non-hydrogen) atoms. The van der Waals surface area contributed by atoms with Crippen molar-refractivity contribution in [2.45, 2.75) is 11.4 Å². The number of esters is 1. The molecule has 0 radical (unpaired) electrons. The number of hydrogen-bond donors (Lipinski definition) is 0. The van der Waals surface area contributed by atoms with Gasteiger partial charge >= 0.3 is 5.97 Å². The van der Waals surface area contributed by atoms with Crippen molar-refractivity contribution in [1.29, 1.82) is 0 Å². The molecule has 1 aromatic heterocycles. The third-order valence-corrected chi connectivity index (χ3v) is 7.48. The Morgan fingerprint density at radius 3 is 2.34 bits per heavy atom. The standard InChI is InChI=1S/C22H22FN3O5S/c1-31-22(28)17-14-25(19-8-4-2-6-16(17)19)15-21(27)24-10-12-26(13-11-24)32(29,30)20-9-5-3-7-18(20)23/h2-9,14H,10-13,15H2,1H3. The number of fused-ring (bicyclic) bond motifs is 1. The molecule has 1 fully saturated rings. The van der Waals surface area contributed by atoms with Gasteiger partial charge in [-0.1, -0.05) is 30.3 Å². The largest absolute Gasteiger partial charge is 0.465 e. The van der Waals surface area contributed by atoms with Crippen molar-refractivity contribution < 1.29 is 27.1 Å². The first kappa shape index (κ1) is 22.0. The van der Waals surface area contributed by atoms with Gasteiger partial charge < -0.3 is 14.2 Å². The summed E-state index contributed by atoms with van der Waals surface area (Å²) in [5.74, 6) is -1.49. The van der Waals surface area contributed by atoms with Gasteiger partial charge in [0.15, 0.2) is 0 Å². The smallest absolute Gasteiger partial charge is 0.340 e. The van der Waals surface area contributed by atoms with Crippen LogP contribution in [-0.4, -0.2) is 67.4 Å². The fraction of sp³-hybridized carbons (Fsp3) is 0.273. The van der Waals surface area contributed by atoms with Crippen molar-refractivity contribution in [2.24, 2.45) is 0 Å². The van der Waals surface area contributed by atoms with Crippen molar-refractivity contribution in [2.75, 3.05) is 33.3 Å². The zero-order valence-corrected chi connectivity index (χ0v) is 18.2. The zero-order chi connectivity index (χ0) is 22.9. The quantitative estimate of drug-likeness (QED) is 0.546. The second-order valence-electron chi connectivity index (χ2n) is 7.39. The molecule has 168 valence electrons. The number of sulfonamides is 1. The number of methoxy groups -OCH3 is 1. The molecule has 0 N–H and O–H groups in total. The average molecular weight is 459 g/mol. The molecule has 1 aliphatic rings. The second-order valence-corrected chi connectivity index (χ2v) is 9.30. The normalized spacial score (nSPS) is 15.1. The van der Waals surface area contributed by atoms with E-state index in [1.807, 2.05) is 12.1 Å². The van der Waals surface area contributed by atoms with Crippen LogP contribution < -0.4 is 0 Å². The number of nitrogens with zero attached hydrogens (tertiary/aromatic N) is 3. The molecule has 2 heterocycles. The molecule has 0 spiro atoms. The fourth-order valence-electron chi connectivity index (χ4n) is 3.87. The average Bonchev–Trinajstić information content (AvgIpc) is 3.17. The number of hydrogen-bond acceptors (Lipinski definition) is 5. The van der Waals surface area contributed by atoms with Gasteiger partial charge in [0.2, 0.25) is 15.9 Å². The second kappa shape index (κ2) is 8.71. The minimum absolute atomic E-state index is 0.00241. The number of carbonyl (C=O) groups excluding carboxylic acids is 2. The number of amides is 1. The summed E-state index contributed by atoms with van der Waals surface area (Å²) in [6.07, 6.45) is 1.59. The summed E-state index contributed by atoms with van der Waals surface area (Å²) in [5.41, 5.74) is 1.10. The molecular weight excluding hydrogens is 437 g/mol. The third kappa shape index (κ3) is 3.98. The number of halogens is 1. The highest BCUT2D eigenvalue weighted by Gasteiger charge is 2.32. The highest BCUT2D eigenvalue weighted by molar-refractivity contribution is 7.89. The van der Waals surface area contributed by atoms with Crippen molar-refractivity contribution in [1.82, 2.24) is 13.8 Å². The van der Waals surface area contributed by atoms with Gasteiger partial charge in [-0.05, 0) is 18.2 Å². The van der Waals surface area contributed by atoms with Crippen LogP contribution in [-0.2, 0) is 26.1 Å². The van der Waals surface area contributed by atoms with Crippen molar-refractivity contribution in [3.8, 4) is 0 Å². The maximum atomic E-state index is 14.0. The Bertz CT molecular complexity index is 1280. The Balaban J connectivity index is 1.47. The van der Waals surface area contributed by atoms with Gasteiger partial charge in [0.05, 0.1) is 12.7 Å². The predicted molar refractivity (Wildman–Crippen MR) is 115 cm³/mol. The Hall–Kier alpha value is -3.24. The van der Waals surface area contributed by atoms with E-state index in [-0.39, 0.29) is 43.5 Å². The number of carbonyl (C=O) groups is 2. The maximum absolute atomic E-state index is 14.0. The summed E-state index contributed by atoms with van der Waals surface area (Å²) < 4.78 is 47.2. The summed E-state index contributed by atoms with van der Waals surface area (Å²) in [6.45, 7) is 0.521. The molecule has 8 nitrogen and oxygen atoms in total. The first-order valence-electron chi connectivity index (χ1n) is 10.0. The van der Waals surface area contributed by atoms with Crippen LogP contribution in [0.4, 0.5) is 4.39 Å². The van der Waals surface area contributed by atoms with E-state index in [4.69, 9.17) is 4.74 Å². The van der Waals surface area contributed by atoms with Gasteiger partial charge in [0, 0.05) is 43.3 Å². The molecule has 3 aromatic rings. The van der Waals surface area contributed by atoms with E-state index in [1.54, 1.807) is 27.8 Å². The highest BCUT2D eigenvalue weighted by Crippen LogP contribution is 2.23. The first-order valence-corrected chi connectivity index (χ1v) is 11.5. The van der Waals surface area contributed by atoms with E-state index in [0.29, 0.717) is 10.9 Å². The Kier molecular flexibility index (Phi) is 5.98. The number of aromatic nitrogens is 1. The van der Waals surface area contributed by atoms with Gasteiger partial charge in [-0.2, -0.15) is 4.31 Å². The van der Waals surface area contributed by atoms with E-state index in [2.05, 4.69) is 0 Å². The molecule has 1 amide bonds. The number of benzene rings is 2. The lowest BCUT2D eigenvalue weighted by Gasteiger charge is -2.34. The van der Waals surface area contributed by atoms with Gasteiger partial charge in [-0.25, -0.2) is 17.6 Å². The maximum Gasteiger partial charge on any atom is 0.340 e. The summed E-state index contributed by atoms with van der Waals surface area (Å²) >= 11 is 0. The highest BCUT2D eigenvalue weighted by atomic mass is 32.2. The van der Waals surface area contributed by atoms with Crippen LogP contribution in [0.3, 0.4) is 0 Å². The minimum atomic E-state index is -3.97. The van der Waals surface area contributed by atoms with E-state index < -0.39 is 21.8 Å². The summed E-state index contributed by atoms with van der Waals surface area (Å²) in [5, 5.41) is 0.688. The molecule has 10 heteroatoms. The molecule has 0 unspecified atom stereocenters. The topological polar surface area (TPSA) is 88.9 Å². The lowest BCUT2D eigenvalue weighted by molar-refractivity contribution is -0.132. The Morgan fingerprint density at radius 2 is 1.66 bits per heavy atom. The SMILES string of the molecule is COC(=O)c1cn(CC(=O)N2CCN(S(=O)(=O)c3ccccc3F)CC2)c2ccccc12. The minimum Gasteiger partial charge on any atom is -0.465 e. The molecule has 2 aromatic carbocycles. The van der Waals surface area contributed by atoms with Crippen molar-refractivity contribution in [3.05, 3.63) is 66.1 Å². The summed E-state index contributed by atoms with van der Waals surface area (Å²) in [6, 6.07) is 12.5. The molecule has 0 atom stereocenters. The van der Waals surface area contributed by atoms with Gasteiger partial charge in [0.25, 0.3) is 0 Å². The van der Waals surface area contributed by atoms with Crippen LogP contribution in [0.25, 0.3) is 10.9 Å². The molecule has 0 bridgehead atoms. The predicted octanol–water partition coefficient (Wildman–Crippen LogP) is 2.10. The van der Waals surface area contributed by atoms with Gasteiger partial charge in [-0.15, -0.1) is 0 Å². The van der Waals surface area contributed by atoms with Crippen molar-refractivity contribution >= 4 is 32.8 Å². The third-order valence-electron chi connectivity index (χ3n) is 5.55. The molecule has 0 saturated carbocycles. The Labute approximate surface area is 184 Å². The van der Waals surface area contributed by atoms with Crippen LogP contribution in [0.1, 0.15) is 10.4 Å². The molecule has 1 aliphatic heterocycles. The van der Waals surface area contributed by atoms with Crippen LogP contribution in [0.2, 0.25) is 0 Å².